The quantitative estimate of drug-likeness (QED) is 0.830. The van der Waals surface area contributed by atoms with Crippen LogP contribution in [0.25, 0.3) is 0 Å². The first-order valence-electron chi connectivity index (χ1n) is 7.83. The van der Waals surface area contributed by atoms with E-state index in [0.717, 1.165) is 0 Å². The van der Waals surface area contributed by atoms with Gasteiger partial charge in [0, 0.05) is 18.0 Å². The molecular weight excluding hydrogens is 344 g/mol. The highest BCUT2D eigenvalue weighted by molar-refractivity contribution is 6.30. The third kappa shape index (κ3) is 4.64. The Labute approximate surface area is 150 Å². The molecule has 1 heterocycles. The minimum absolute atomic E-state index is 0.109. The number of hydrogen-bond donors (Lipinski definition) is 2. The van der Waals surface area contributed by atoms with Gasteiger partial charge in [0.2, 0.25) is 0 Å². The van der Waals surface area contributed by atoms with Crippen molar-refractivity contribution >= 4 is 29.1 Å². The molecule has 0 aromatic heterocycles. The maximum atomic E-state index is 12.0. The van der Waals surface area contributed by atoms with Crippen LogP contribution in [0.4, 0.5) is 5.69 Å². The van der Waals surface area contributed by atoms with Crippen LogP contribution in [0, 0.1) is 0 Å². The van der Waals surface area contributed by atoms with Crippen LogP contribution in [0.1, 0.15) is 6.42 Å². The molecule has 2 aromatic rings. The van der Waals surface area contributed by atoms with Gasteiger partial charge in [0.05, 0.1) is 5.69 Å². The molecule has 3 rings (SSSR count). The topological polar surface area (TPSA) is 76.7 Å². The molecule has 0 radical (unpaired) electrons. The number of para-hydroxylation sites is 2. The average molecular weight is 361 g/mol. The van der Waals surface area contributed by atoms with Gasteiger partial charge < -0.3 is 20.1 Å². The summed E-state index contributed by atoms with van der Waals surface area (Å²) in [6.07, 6.45) is -0.264. The summed E-state index contributed by atoms with van der Waals surface area (Å²) in [5.74, 6) is 0.701. The lowest BCUT2D eigenvalue weighted by Crippen LogP contribution is -2.40. The Morgan fingerprint density at radius 3 is 2.76 bits per heavy atom. The number of rotatable bonds is 6. The fraction of sp³-hybridized carbons (Fsp3) is 0.222. The molecule has 2 N–H and O–H groups in total. The molecule has 1 aliphatic heterocycles. The number of benzene rings is 2. The maximum absolute atomic E-state index is 12.0. The molecule has 0 saturated heterocycles. The van der Waals surface area contributed by atoms with Gasteiger partial charge in [0.15, 0.2) is 12.7 Å². The molecule has 6 nitrogen and oxygen atoms in total. The molecule has 2 amide bonds. The van der Waals surface area contributed by atoms with E-state index in [1.165, 1.54) is 0 Å². The summed E-state index contributed by atoms with van der Waals surface area (Å²) in [7, 11) is 0. The zero-order valence-electron chi connectivity index (χ0n) is 13.3. The molecule has 0 fully saturated rings. The van der Waals surface area contributed by atoms with E-state index in [-0.39, 0.29) is 18.4 Å². The number of hydrogen-bond acceptors (Lipinski definition) is 4. The molecule has 1 atom stereocenters. The zero-order valence-corrected chi connectivity index (χ0v) is 14.1. The fourth-order valence-electron chi connectivity index (χ4n) is 2.36. The van der Waals surface area contributed by atoms with Gasteiger partial charge in [-0.1, -0.05) is 23.7 Å². The number of anilines is 1. The van der Waals surface area contributed by atoms with E-state index in [0.29, 0.717) is 35.2 Å². The van der Waals surface area contributed by atoms with Crippen LogP contribution >= 0.6 is 11.6 Å². The van der Waals surface area contributed by atoms with Gasteiger partial charge in [-0.2, -0.15) is 0 Å². The smallest absolute Gasteiger partial charge is 0.265 e. The van der Waals surface area contributed by atoms with Crippen molar-refractivity contribution in [3.8, 4) is 11.5 Å². The van der Waals surface area contributed by atoms with Crippen LogP contribution in [-0.4, -0.2) is 31.1 Å². The number of amides is 2. The summed E-state index contributed by atoms with van der Waals surface area (Å²) in [5, 5.41) is 6.09. The Kier molecular flexibility index (Phi) is 5.40. The molecule has 0 bridgehead atoms. The normalized spacial score (nSPS) is 15.6. The summed E-state index contributed by atoms with van der Waals surface area (Å²) >= 11 is 5.78. The van der Waals surface area contributed by atoms with Gasteiger partial charge in [0.25, 0.3) is 11.8 Å². The lowest BCUT2D eigenvalue weighted by molar-refractivity contribution is -0.125. The van der Waals surface area contributed by atoms with Gasteiger partial charge in [0.1, 0.15) is 11.5 Å². The highest BCUT2D eigenvalue weighted by Gasteiger charge is 2.26. The molecule has 0 aliphatic carbocycles. The van der Waals surface area contributed by atoms with E-state index < -0.39 is 6.10 Å². The first-order valence-corrected chi connectivity index (χ1v) is 8.21. The van der Waals surface area contributed by atoms with E-state index in [1.807, 2.05) is 12.1 Å². The van der Waals surface area contributed by atoms with Crippen molar-refractivity contribution in [2.45, 2.75) is 12.5 Å². The third-order valence-corrected chi connectivity index (χ3v) is 3.87. The highest BCUT2D eigenvalue weighted by atomic mass is 35.5. The monoisotopic (exact) mass is 360 g/mol. The van der Waals surface area contributed by atoms with Gasteiger partial charge in [-0.05, 0) is 36.4 Å². The van der Waals surface area contributed by atoms with E-state index in [1.54, 1.807) is 36.4 Å². The van der Waals surface area contributed by atoms with E-state index in [2.05, 4.69) is 10.6 Å². The Morgan fingerprint density at radius 1 is 1.20 bits per heavy atom. The number of fused-ring (bicyclic) bond motifs is 1. The van der Waals surface area contributed by atoms with Gasteiger partial charge >= 0.3 is 0 Å². The van der Waals surface area contributed by atoms with Gasteiger partial charge in [-0.3, -0.25) is 9.59 Å². The molecule has 1 unspecified atom stereocenters. The van der Waals surface area contributed by atoms with E-state index in [4.69, 9.17) is 21.1 Å². The highest BCUT2D eigenvalue weighted by Crippen LogP contribution is 2.29. The third-order valence-electron chi connectivity index (χ3n) is 3.62. The van der Waals surface area contributed by atoms with Crippen LogP contribution in [0.2, 0.25) is 5.02 Å². The second-order valence-corrected chi connectivity index (χ2v) is 5.91. The second kappa shape index (κ2) is 7.90. The molecule has 0 spiro atoms. The average Bonchev–Trinajstić information content (AvgIpc) is 2.61. The molecular formula is C18H17ClN2O4. The minimum atomic E-state index is -0.632. The lowest BCUT2D eigenvalue weighted by Gasteiger charge is -2.25. The molecule has 2 aromatic carbocycles. The molecule has 1 aliphatic rings. The number of nitrogens with one attached hydrogen (secondary N) is 2. The molecule has 7 heteroatoms. The van der Waals surface area contributed by atoms with E-state index in [9.17, 15) is 9.59 Å². The molecule has 25 heavy (non-hydrogen) atoms. The predicted octanol–water partition coefficient (Wildman–Crippen LogP) is 2.62. The van der Waals surface area contributed by atoms with Crippen LogP contribution in [0.5, 0.6) is 11.5 Å². The maximum Gasteiger partial charge on any atom is 0.265 e. The van der Waals surface area contributed by atoms with Crippen molar-refractivity contribution in [1.29, 1.82) is 0 Å². The van der Waals surface area contributed by atoms with Crippen molar-refractivity contribution in [3.63, 3.8) is 0 Å². The van der Waals surface area contributed by atoms with Crippen molar-refractivity contribution in [2.24, 2.45) is 0 Å². The van der Waals surface area contributed by atoms with Gasteiger partial charge in [-0.25, -0.2) is 0 Å². The summed E-state index contributed by atoms with van der Waals surface area (Å²) in [6.45, 7) is 0.200. The first kappa shape index (κ1) is 17.1. The second-order valence-electron chi connectivity index (χ2n) is 5.47. The Balaban J connectivity index is 1.41. The number of halogens is 1. The standard InChI is InChI=1S/C18H17ClN2O4/c19-12-5-7-13(8-6-12)24-11-17(22)20-10-9-16-18(23)21-14-3-1-2-4-15(14)25-16/h1-8,16H,9-11H2,(H,20,22)(H,21,23). The molecule has 130 valence electrons. The Hall–Kier alpha value is -2.73. The van der Waals surface area contributed by atoms with Crippen LogP contribution in [0.3, 0.4) is 0 Å². The Bertz CT molecular complexity index is 764. The van der Waals surface area contributed by atoms with E-state index >= 15 is 0 Å². The van der Waals surface area contributed by atoms with Crippen LogP contribution in [0.15, 0.2) is 48.5 Å². The van der Waals surface area contributed by atoms with Crippen molar-refractivity contribution in [1.82, 2.24) is 5.32 Å². The van der Waals surface area contributed by atoms with Crippen molar-refractivity contribution in [3.05, 3.63) is 53.6 Å². The largest absolute Gasteiger partial charge is 0.484 e. The minimum Gasteiger partial charge on any atom is -0.484 e. The number of carbonyl (C=O) groups excluding carboxylic acids is 2. The summed E-state index contributed by atoms with van der Waals surface area (Å²) in [4.78, 5) is 23.8. The SMILES string of the molecule is O=C(COc1ccc(Cl)cc1)NCCC1Oc2ccccc2NC1=O. The summed E-state index contributed by atoms with van der Waals surface area (Å²) in [5.41, 5.74) is 0.657. The van der Waals surface area contributed by atoms with Crippen LogP contribution < -0.4 is 20.1 Å². The lowest BCUT2D eigenvalue weighted by atomic mass is 10.1. The summed E-state index contributed by atoms with van der Waals surface area (Å²) < 4.78 is 11.0. The molecule has 0 saturated carbocycles. The zero-order chi connectivity index (χ0) is 17.6. The Morgan fingerprint density at radius 2 is 1.96 bits per heavy atom. The first-order chi connectivity index (χ1) is 12.1. The predicted molar refractivity (Wildman–Crippen MR) is 94.1 cm³/mol. The number of carbonyl (C=O) groups is 2. The summed E-state index contributed by atoms with van der Waals surface area (Å²) in [6, 6.07) is 14.0. The van der Waals surface area contributed by atoms with Crippen molar-refractivity contribution in [2.75, 3.05) is 18.5 Å². The van der Waals surface area contributed by atoms with Crippen molar-refractivity contribution < 1.29 is 19.1 Å². The fourth-order valence-corrected chi connectivity index (χ4v) is 2.48. The van der Waals surface area contributed by atoms with Crippen LogP contribution in [-0.2, 0) is 9.59 Å². The number of ether oxygens (including phenoxy) is 2. The van der Waals surface area contributed by atoms with Gasteiger partial charge in [-0.15, -0.1) is 0 Å².